The number of nitrogens with zero attached hydrogens (tertiary/aromatic N) is 1. The van der Waals surface area contributed by atoms with E-state index in [1.165, 1.54) is 31.7 Å². The van der Waals surface area contributed by atoms with E-state index in [1.807, 2.05) is 0 Å². The van der Waals surface area contributed by atoms with Gasteiger partial charge in [-0.25, -0.2) is 0 Å². The van der Waals surface area contributed by atoms with Crippen LogP contribution in [0.4, 0.5) is 0 Å². The Morgan fingerprint density at radius 2 is 2.12 bits per heavy atom. The molecular formula is C14H17NOSn. The number of hydrogen-bond acceptors (Lipinski definition) is 2. The standard InChI is InChI=1S/C14H16NO.Sn.H/c1-15-10-9-14(8-5-11-16-14)13(15)12-6-3-2-4-7-12;;/h2-4,6-8,13H,9-11H2,1H3;;. The molecule has 0 saturated carbocycles. The van der Waals surface area contributed by atoms with Crippen LogP contribution in [0.5, 0.6) is 0 Å². The fourth-order valence-electron chi connectivity index (χ4n) is 3.08. The maximum atomic E-state index is 6.15. The summed E-state index contributed by atoms with van der Waals surface area (Å²) < 4.78 is 7.64. The molecule has 1 aromatic rings. The zero-order valence-electron chi connectivity index (χ0n) is 10.1. The van der Waals surface area contributed by atoms with Crippen molar-refractivity contribution in [3.05, 3.63) is 45.6 Å². The molecule has 2 nitrogen and oxygen atoms in total. The van der Waals surface area contributed by atoms with Crippen molar-refractivity contribution in [1.82, 2.24) is 4.90 Å². The Kier molecular flexibility index (Phi) is 3.05. The van der Waals surface area contributed by atoms with Gasteiger partial charge >= 0.3 is 116 Å². The Morgan fingerprint density at radius 3 is 2.76 bits per heavy atom. The molecule has 2 aliphatic heterocycles. The normalized spacial score (nSPS) is 33.3. The van der Waals surface area contributed by atoms with Crippen molar-refractivity contribution in [3.8, 4) is 0 Å². The second-order valence-corrected chi connectivity index (χ2v) is 7.12. The van der Waals surface area contributed by atoms with E-state index in [4.69, 9.17) is 4.74 Å². The van der Waals surface area contributed by atoms with E-state index in [-0.39, 0.29) is 5.60 Å². The van der Waals surface area contributed by atoms with Crippen LogP contribution in [-0.2, 0) is 4.74 Å². The average Bonchev–Trinajstić information content (AvgIpc) is 2.85. The molecule has 2 aliphatic rings. The van der Waals surface area contributed by atoms with Crippen LogP contribution in [0, 0.1) is 0 Å². The summed E-state index contributed by atoms with van der Waals surface area (Å²) in [5.41, 5.74) is 1.32. The van der Waals surface area contributed by atoms with Gasteiger partial charge in [-0.3, -0.25) is 0 Å². The zero-order valence-corrected chi connectivity index (χ0v) is 13.4. The summed E-state index contributed by atoms with van der Waals surface area (Å²) in [6.45, 7) is 1.96. The minimum absolute atomic E-state index is 0.0506. The molecule has 0 amide bonds. The first kappa shape index (κ1) is 11.8. The molecule has 2 atom stereocenters. The quantitative estimate of drug-likeness (QED) is 0.724. The van der Waals surface area contributed by atoms with E-state index in [2.05, 4.69) is 48.4 Å². The average molecular weight is 334 g/mol. The Labute approximate surface area is 116 Å². The third kappa shape index (κ3) is 1.96. The van der Waals surface area contributed by atoms with Gasteiger partial charge in [0.2, 0.25) is 0 Å². The minimum atomic E-state index is -0.0506. The van der Waals surface area contributed by atoms with Crippen LogP contribution in [-0.4, -0.2) is 53.2 Å². The SMILES string of the molecule is CN1CCC2(C=[C]([SnH])CO2)C1c1ccccc1. The number of benzene rings is 1. The van der Waals surface area contributed by atoms with Crippen molar-refractivity contribution < 1.29 is 4.74 Å². The first-order valence-corrected chi connectivity index (χ1v) is 7.72. The third-order valence-corrected chi connectivity index (χ3v) is 4.76. The first-order chi connectivity index (χ1) is 8.21. The number of ether oxygens (including phenoxy) is 1. The summed E-state index contributed by atoms with van der Waals surface area (Å²) in [6.07, 6.45) is 3.52. The van der Waals surface area contributed by atoms with Gasteiger partial charge < -0.3 is 0 Å². The second-order valence-electron chi connectivity index (χ2n) is 5.01. The summed E-state index contributed by atoms with van der Waals surface area (Å²) in [4.78, 5) is 2.42. The molecule has 1 spiro atoms. The summed E-state index contributed by atoms with van der Waals surface area (Å²) in [5, 5.41) is 0. The summed E-state index contributed by atoms with van der Waals surface area (Å²) >= 11 is 1.19. The molecule has 2 unspecified atom stereocenters. The van der Waals surface area contributed by atoms with Crippen LogP contribution >= 0.6 is 0 Å². The van der Waals surface area contributed by atoms with E-state index in [1.54, 1.807) is 0 Å². The van der Waals surface area contributed by atoms with Crippen molar-refractivity contribution in [2.75, 3.05) is 20.2 Å². The predicted octanol–water partition coefficient (Wildman–Crippen LogP) is 1.62. The molecule has 17 heavy (non-hydrogen) atoms. The van der Waals surface area contributed by atoms with Crippen LogP contribution in [0.1, 0.15) is 18.0 Å². The first-order valence-electron chi connectivity index (χ1n) is 6.08. The molecular weight excluding hydrogens is 317 g/mol. The van der Waals surface area contributed by atoms with Gasteiger partial charge in [-0.2, -0.15) is 0 Å². The summed E-state index contributed by atoms with van der Waals surface area (Å²) in [5.74, 6) is 0. The fraction of sp³-hybridized carbons (Fsp3) is 0.429. The van der Waals surface area contributed by atoms with Crippen molar-refractivity contribution >= 4 is 22.5 Å². The van der Waals surface area contributed by atoms with Crippen molar-refractivity contribution in [3.63, 3.8) is 0 Å². The van der Waals surface area contributed by atoms with E-state index in [0.717, 1.165) is 19.6 Å². The molecule has 1 saturated heterocycles. The Balaban J connectivity index is 2.01. The van der Waals surface area contributed by atoms with Gasteiger partial charge in [0.15, 0.2) is 0 Å². The molecule has 88 valence electrons. The summed E-state index contributed by atoms with van der Waals surface area (Å²) in [7, 11) is 2.20. The molecule has 0 N–H and O–H groups in total. The number of likely N-dealkylation sites (N-methyl/N-ethyl adjacent to an activating group) is 1. The molecule has 3 rings (SSSR count). The molecule has 0 aliphatic carbocycles. The molecule has 2 radical (unpaired) electrons. The topological polar surface area (TPSA) is 12.5 Å². The van der Waals surface area contributed by atoms with Crippen molar-refractivity contribution in [1.29, 1.82) is 0 Å². The predicted molar refractivity (Wildman–Crippen MR) is 70.3 cm³/mol. The van der Waals surface area contributed by atoms with Crippen LogP contribution in [0.3, 0.4) is 0 Å². The van der Waals surface area contributed by atoms with Crippen LogP contribution < -0.4 is 0 Å². The molecule has 1 fully saturated rings. The van der Waals surface area contributed by atoms with Gasteiger partial charge in [-0.05, 0) is 0 Å². The Hall–Kier alpha value is -0.321. The molecule has 0 aromatic heterocycles. The van der Waals surface area contributed by atoms with Gasteiger partial charge in [-0.15, -0.1) is 0 Å². The monoisotopic (exact) mass is 335 g/mol. The summed E-state index contributed by atoms with van der Waals surface area (Å²) in [6, 6.07) is 11.1. The number of likely N-dealkylation sites (tertiary alicyclic amines) is 1. The van der Waals surface area contributed by atoms with Gasteiger partial charge in [0, 0.05) is 0 Å². The van der Waals surface area contributed by atoms with E-state index in [9.17, 15) is 0 Å². The van der Waals surface area contributed by atoms with Crippen LogP contribution in [0.2, 0.25) is 0 Å². The van der Waals surface area contributed by atoms with Crippen LogP contribution in [0.25, 0.3) is 0 Å². The van der Waals surface area contributed by atoms with Gasteiger partial charge in [0.05, 0.1) is 0 Å². The fourth-order valence-corrected chi connectivity index (χ4v) is 4.12. The van der Waals surface area contributed by atoms with Crippen LogP contribution in [0.15, 0.2) is 40.0 Å². The Bertz CT molecular complexity index is 445. The van der Waals surface area contributed by atoms with E-state index in [0.29, 0.717) is 6.04 Å². The van der Waals surface area contributed by atoms with Crippen molar-refractivity contribution in [2.45, 2.75) is 18.1 Å². The maximum absolute atomic E-state index is 6.15. The number of hydrogen-bond donors (Lipinski definition) is 0. The van der Waals surface area contributed by atoms with Crippen molar-refractivity contribution in [2.24, 2.45) is 0 Å². The molecule has 0 bridgehead atoms. The van der Waals surface area contributed by atoms with E-state index < -0.39 is 0 Å². The third-order valence-electron chi connectivity index (χ3n) is 3.81. The van der Waals surface area contributed by atoms with Gasteiger partial charge in [0.1, 0.15) is 0 Å². The molecule has 3 heteroatoms. The molecule has 1 aromatic carbocycles. The number of rotatable bonds is 1. The van der Waals surface area contributed by atoms with Gasteiger partial charge in [-0.1, -0.05) is 0 Å². The zero-order chi connectivity index (χ0) is 11.9. The second kappa shape index (κ2) is 4.41. The van der Waals surface area contributed by atoms with Gasteiger partial charge in [0.25, 0.3) is 0 Å². The van der Waals surface area contributed by atoms with E-state index >= 15 is 0 Å². The Morgan fingerprint density at radius 1 is 1.35 bits per heavy atom. The molecule has 2 heterocycles.